The van der Waals surface area contributed by atoms with E-state index in [1.165, 1.54) is 0 Å². The van der Waals surface area contributed by atoms with Crippen LogP contribution in [0.25, 0.3) is 0 Å². The molecule has 0 saturated carbocycles. The Kier molecular flexibility index (Phi) is 4.32. The smallest absolute Gasteiger partial charge is 0.222 e. The molecule has 0 fully saturated rings. The summed E-state index contributed by atoms with van der Waals surface area (Å²) in [7, 11) is 0. The molecule has 78 valence electrons. The molecule has 1 atom stereocenters. The van der Waals surface area contributed by atoms with Crippen molar-refractivity contribution in [3.63, 3.8) is 0 Å². The van der Waals surface area contributed by atoms with Crippen LogP contribution in [0, 0.1) is 5.92 Å². The molecule has 0 radical (unpaired) electrons. The van der Waals surface area contributed by atoms with Crippen LogP contribution in [0.15, 0.2) is 18.5 Å². The van der Waals surface area contributed by atoms with Crippen molar-refractivity contribution in [1.29, 1.82) is 0 Å². The van der Waals surface area contributed by atoms with Gasteiger partial charge in [0.15, 0.2) is 0 Å². The predicted molar refractivity (Wildman–Crippen MR) is 58.0 cm³/mol. The molecule has 0 aromatic carbocycles. The number of aromatic nitrogens is 2. The molecule has 0 saturated heterocycles. The van der Waals surface area contributed by atoms with Crippen LogP contribution < -0.4 is 11.1 Å². The third-order valence-corrected chi connectivity index (χ3v) is 1.86. The summed E-state index contributed by atoms with van der Waals surface area (Å²) < 4.78 is 0. The van der Waals surface area contributed by atoms with Gasteiger partial charge in [-0.2, -0.15) is 0 Å². The van der Waals surface area contributed by atoms with Gasteiger partial charge >= 0.3 is 0 Å². The van der Waals surface area contributed by atoms with E-state index in [0.29, 0.717) is 11.9 Å². The van der Waals surface area contributed by atoms with Crippen molar-refractivity contribution in [3.8, 4) is 0 Å². The van der Waals surface area contributed by atoms with Gasteiger partial charge in [0.25, 0.3) is 0 Å². The van der Waals surface area contributed by atoms with Crippen molar-refractivity contribution in [2.45, 2.75) is 26.3 Å². The fourth-order valence-electron chi connectivity index (χ4n) is 1.30. The van der Waals surface area contributed by atoms with E-state index in [-0.39, 0.29) is 6.04 Å². The zero-order valence-electron chi connectivity index (χ0n) is 8.77. The number of nitrogens with two attached hydrogens (primary N) is 1. The van der Waals surface area contributed by atoms with Gasteiger partial charge in [0, 0.05) is 25.0 Å². The van der Waals surface area contributed by atoms with Crippen LogP contribution in [0.1, 0.15) is 20.3 Å². The Balaban J connectivity index is 2.27. The van der Waals surface area contributed by atoms with Crippen LogP contribution in [0.5, 0.6) is 0 Å². The third kappa shape index (κ3) is 4.18. The first-order valence-corrected chi connectivity index (χ1v) is 4.95. The van der Waals surface area contributed by atoms with E-state index >= 15 is 0 Å². The van der Waals surface area contributed by atoms with E-state index in [1.54, 1.807) is 18.5 Å². The van der Waals surface area contributed by atoms with Crippen molar-refractivity contribution in [1.82, 2.24) is 9.97 Å². The second kappa shape index (κ2) is 5.54. The quantitative estimate of drug-likeness (QED) is 0.740. The first-order chi connectivity index (χ1) is 6.68. The van der Waals surface area contributed by atoms with Gasteiger partial charge in [-0.1, -0.05) is 13.8 Å². The number of nitrogens with one attached hydrogen (secondary N) is 1. The topological polar surface area (TPSA) is 63.8 Å². The van der Waals surface area contributed by atoms with Crippen molar-refractivity contribution in [3.05, 3.63) is 18.5 Å². The van der Waals surface area contributed by atoms with Gasteiger partial charge in [-0.3, -0.25) is 0 Å². The molecule has 4 nitrogen and oxygen atoms in total. The maximum absolute atomic E-state index is 5.90. The molecule has 1 unspecified atom stereocenters. The van der Waals surface area contributed by atoms with E-state index in [0.717, 1.165) is 13.0 Å². The molecule has 1 rings (SSSR count). The van der Waals surface area contributed by atoms with Crippen LogP contribution in [0.2, 0.25) is 0 Å². The standard InChI is InChI=1S/C10H18N4/c1-8(2)6-9(11)7-14-10-12-4-3-5-13-10/h3-5,8-9H,6-7,11H2,1-2H3,(H,12,13,14). The van der Waals surface area contributed by atoms with E-state index < -0.39 is 0 Å². The number of rotatable bonds is 5. The summed E-state index contributed by atoms with van der Waals surface area (Å²) in [5, 5.41) is 3.10. The molecule has 0 amide bonds. The van der Waals surface area contributed by atoms with E-state index in [4.69, 9.17) is 5.73 Å². The molecule has 0 spiro atoms. The number of anilines is 1. The summed E-state index contributed by atoms with van der Waals surface area (Å²) in [6.07, 6.45) is 4.44. The van der Waals surface area contributed by atoms with Gasteiger partial charge in [0.2, 0.25) is 5.95 Å². The van der Waals surface area contributed by atoms with Gasteiger partial charge in [0.1, 0.15) is 0 Å². The van der Waals surface area contributed by atoms with Gasteiger partial charge in [-0.25, -0.2) is 9.97 Å². The Morgan fingerprint density at radius 2 is 2.00 bits per heavy atom. The van der Waals surface area contributed by atoms with Crippen LogP contribution in [0.4, 0.5) is 5.95 Å². The SMILES string of the molecule is CC(C)CC(N)CNc1ncccn1. The first kappa shape index (κ1) is 10.9. The molecule has 14 heavy (non-hydrogen) atoms. The Labute approximate surface area is 85.0 Å². The minimum Gasteiger partial charge on any atom is -0.353 e. The lowest BCUT2D eigenvalue weighted by molar-refractivity contribution is 0.507. The summed E-state index contributed by atoms with van der Waals surface area (Å²) >= 11 is 0. The Hall–Kier alpha value is -1.16. The van der Waals surface area contributed by atoms with E-state index in [1.807, 2.05) is 0 Å². The minimum atomic E-state index is 0.166. The first-order valence-electron chi connectivity index (χ1n) is 4.95. The highest BCUT2D eigenvalue weighted by Gasteiger charge is 2.05. The molecular formula is C10H18N4. The number of hydrogen-bond donors (Lipinski definition) is 2. The monoisotopic (exact) mass is 194 g/mol. The van der Waals surface area contributed by atoms with Crippen molar-refractivity contribution >= 4 is 5.95 Å². The number of hydrogen-bond acceptors (Lipinski definition) is 4. The van der Waals surface area contributed by atoms with Crippen LogP contribution >= 0.6 is 0 Å². The second-order valence-corrected chi connectivity index (χ2v) is 3.84. The van der Waals surface area contributed by atoms with Gasteiger partial charge in [-0.15, -0.1) is 0 Å². The zero-order chi connectivity index (χ0) is 10.4. The largest absolute Gasteiger partial charge is 0.353 e. The lowest BCUT2D eigenvalue weighted by Gasteiger charge is -2.14. The molecule has 0 aliphatic heterocycles. The van der Waals surface area contributed by atoms with Gasteiger partial charge in [-0.05, 0) is 18.4 Å². The fraction of sp³-hybridized carbons (Fsp3) is 0.600. The van der Waals surface area contributed by atoms with Crippen molar-refractivity contribution in [2.24, 2.45) is 11.7 Å². The third-order valence-electron chi connectivity index (χ3n) is 1.86. The predicted octanol–water partition coefficient (Wildman–Crippen LogP) is 1.26. The highest BCUT2D eigenvalue weighted by molar-refractivity contribution is 5.22. The van der Waals surface area contributed by atoms with Gasteiger partial charge in [0.05, 0.1) is 0 Å². The summed E-state index contributed by atoms with van der Waals surface area (Å²) in [5.74, 6) is 1.27. The van der Waals surface area contributed by atoms with Crippen LogP contribution in [0.3, 0.4) is 0 Å². The minimum absolute atomic E-state index is 0.166. The molecule has 1 aromatic rings. The maximum Gasteiger partial charge on any atom is 0.222 e. The highest BCUT2D eigenvalue weighted by Crippen LogP contribution is 2.03. The summed E-state index contributed by atoms with van der Waals surface area (Å²) in [6.45, 7) is 5.06. The average molecular weight is 194 g/mol. The summed E-state index contributed by atoms with van der Waals surface area (Å²) in [4.78, 5) is 8.10. The maximum atomic E-state index is 5.90. The lowest BCUT2D eigenvalue weighted by atomic mass is 10.0. The molecule has 1 heterocycles. The Bertz CT molecular complexity index is 248. The lowest BCUT2D eigenvalue weighted by Crippen LogP contribution is -2.30. The molecule has 0 aliphatic rings. The van der Waals surface area contributed by atoms with Crippen LogP contribution in [-0.2, 0) is 0 Å². The zero-order valence-corrected chi connectivity index (χ0v) is 8.77. The van der Waals surface area contributed by atoms with Crippen molar-refractivity contribution in [2.75, 3.05) is 11.9 Å². The molecule has 0 bridgehead atoms. The Morgan fingerprint density at radius 3 is 2.57 bits per heavy atom. The molecule has 4 heteroatoms. The van der Waals surface area contributed by atoms with Gasteiger partial charge < -0.3 is 11.1 Å². The number of nitrogens with zero attached hydrogens (tertiary/aromatic N) is 2. The fourth-order valence-corrected chi connectivity index (χ4v) is 1.30. The van der Waals surface area contributed by atoms with Crippen LogP contribution in [-0.4, -0.2) is 22.6 Å². The average Bonchev–Trinajstić information content (AvgIpc) is 2.15. The van der Waals surface area contributed by atoms with E-state index in [9.17, 15) is 0 Å². The normalized spacial score (nSPS) is 12.9. The molecule has 1 aromatic heterocycles. The van der Waals surface area contributed by atoms with E-state index in [2.05, 4.69) is 29.1 Å². The summed E-state index contributed by atoms with van der Waals surface area (Å²) in [6, 6.07) is 1.96. The molecule has 0 aliphatic carbocycles. The van der Waals surface area contributed by atoms with Crippen molar-refractivity contribution < 1.29 is 0 Å². The highest BCUT2D eigenvalue weighted by atomic mass is 15.1. The second-order valence-electron chi connectivity index (χ2n) is 3.84. The summed E-state index contributed by atoms with van der Waals surface area (Å²) in [5.41, 5.74) is 5.90. The molecular weight excluding hydrogens is 176 g/mol. The molecule has 3 N–H and O–H groups in total. The Morgan fingerprint density at radius 1 is 1.36 bits per heavy atom.